The Labute approximate surface area is 116 Å². The van der Waals surface area contributed by atoms with E-state index >= 15 is 0 Å². The van der Waals surface area contributed by atoms with Crippen molar-refractivity contribution < 1.29 is 14.6 Å². The number of carbonyl (C=O) groups is 1. The van der Waals surface area contributed by atoms with Crippen LogP contribution in [0.1, 0.15) is 37.0 Å². The van der Waals surface area contributed by atoms with Crippen LogP contribution in [0.15, 0.2) is 23.1 Å². The topological polar surface area (TPSA) is 72.9 Å². The summed E-state index contributed by atoms with van der Waals surface area (Å²) in [7, 11) is 0. The molecule has 2 heterocycles. The molecule has 2 rings (SSSR count). The standard InChI is InChI=1S/C14H18N2O4/c1-3-5-8-16-13(18)11(14(19)20-4-2)12(17)10-7-6-9-15(10)16/h6-7,9,17H,3-5,8H2,1-2H3. The van der Waals surface area contributed by atoms with Crippen LogP contribution in [-0.2, 0) is 11.3 Å². The lowest BCUT2D eigenvalue weighted by Gasteiger charge is -2.13. The quantitative estimate of drug-likeness (QED) is 0.846. The van der Waals surface area contributed by atoms with E-state index in [1.165, 1.54) is 4.68 Å². The number of aromatic hydroxyl groups is 1. The molecular weight excluding hydrogens is 260 g/mol. The number of esters is 1. The fourth-order valence-electron chi connectivity index (χ4n) is 2.13. The summed E-state index contributed by atoms with van der Waals surface area (Å²) in [6.45, 7) is 4.30. The first-order valence-electron chi connectivity index (χ1n) is 6.72. The maximum absolute atomic E-state index is 12.4. The summed E-state index contributed by atoms with van der Waals surface area (Å²) in [5, 5.41) is 10.1. The third-order valence-corrected chi connectivity index (χ3v) is 3.12. The second kappa shape index (κ2) is 5.81. The van der Waals surface area contributed by atoms with Crippen molar-refractivity contribution in [2.45, 2.75) is 33.2 Å². The summed E-state index contributed by atoms with van der Waals surface area (Å²) in [4.78, 5) is 24.3. The number of carbonyl (C=O) groups excluding carboxylic acids is 1. The maximum Gasteiger partial charge on any atom is 0.347 e. The molecule has 1 N–H and O–H groups in total. The van der Waals surface area contributed by atoms with E-state index in [9.17, 15) is 14.7 Å². The average Bonchev–Trinajstić information content (AvgIpc) is 2.88. The number of nitrogens with zero attached hydrogens (tertiary/aromatic N) is 2. The van der Waals surface area contributed by atoms with Crippen molar-refractivity contribution in [3.05, 3.63) is 34.2 Å². The van der Waals surface area contributed by atoms with Gasteiger partial charge in [-0.15, -0.1) is 0 Å². The summed E-state index contributed by atoms with van der Waals surface area (Å²) < 4.78 is 7.87. The second-order valence-electron chi connectivity index (χ2n) is 4.46. The first-order valence-corrected chi connectivity index (χ1v) is 6.72. The third kappa shape index (κ3) is 2.29. The largest absolute Gasteiger partial charge is 0.505 e. The lowest BCUT2D eigenvalue weighted by molar-refractivity contribution is 0.0519. The van der Waals surface area contributed by atoms with Crippen LogP contribution >= 0.6 is 0 Å². The summed E-state index contributed by atoms with van der Waals surface area (Å²) in [6.07, 6.45) is 3.41. The fraction of sp³-hybridized carbons (Fsp3) is 0.429. The van der Waals surface area contributed by atoms with E-state index in [4.69, 9.17) is 4.74 Å². The third-order valence-electron chi connectivity index (χ3n) is 3.12. The van der Waals surface area contributed by atoms with Crippen LogP contribution in [0.3, 0.4) is 0 Å². The van der Waals surface area contributed by atoms with E-state index in [0.29, 0.717) is 12.1 Å². The number of rotatable bonds is 5. The number of aryl methyl sites for hydroxylation is 1. The van der Waals surface area contributed by atoms with Crippen LogP contribution in [0.4, 0.5) is 0 Å². The zero-order valence-corrected chi connectivity index (χ0v) is 11.6. The molecule has 0 unspecified atom stereocenters. The first kappa shape index (κ1) is 14.2. The van der Waals surface area contributed by atoms with Crippen LogP contribution in [0.2, 0.25) is 0 Å². The summed E-state index contributed by atoms with van der Waals surface area (Å²) >= 11 is 0. The van der Waals surface area contributed by atoms with Gasteiger partial charge in [-0.05, 0) is 25.5 Å². The van der Waals surface area contributed by atoms with E-state index in [0.717, 1.165) is 12.8 Å². The molecule has 0 fully saturated rings. The van der Waals surface area contributed by atoms with Gasteiger partial charge in [0.15, 0.2) is 11.3 Å². The van der Waals surface area contributed by atoms with Gasteiger partial charge in [0.1, 0.15) is 5.52 Å². The highest BCUT2D eigenvalue weighted by molar-refractivity contribution is 5.94. The lowest BCUT2D eigenvalue weighted by Crippen LogP contribution is -2.31. The molecule has 108 valence electrons. The van der Waals surface area contributed by atoms with Crippen LogP contribution in [0, 0.1) is 0 Å². The highest BCUT2D eigenvalue weighted by atomic mass is 16.5. The van der Waals surface area contributed by atoms with Crippen molar-refractivity contribution >= 4 is 11.5 Å². The van der Waals surface area contributed by atoms with Gasteiger partial charge in [-0.3, -0.25) is 9.31 Å². The minimum Gasteiger partial charge on any atom is -0.505 e. The van der Waals surface area contributed by atoms with E-state index in [1.54, 1.807) is 29.8 Å². The van der Waals surface area contributed by atoms with Gasteiger partial charge in [-0.1, -0.05) is 13.3 Å². The second-order valence-corrected chi connectivity index (χ2v) is 4.46. The molecule has 0 bridgehead atoms. The van der Waals surface area contributed by atoms with E-state index in [-0.39, 0.29) is 17.9 Å². The van der Waals surface area contributed by atoms with E-state index in [2.05, 4.69) is 0 Å². The predicted octanol–water partition coefficient (Wildman–Crippen LogP) is 1.78. The Morgan fingerprint density at radius 1 is 1.40 bits per heavy atom. The Morgan fingerprint density at radius 2 is 2.15 bits per heavy atom. The Hall–Kier alpha value is -2.24. The highest BCUT2D eigenvalue weighted by Gasteiger charge is 2.23. The molecular formula is C14H18N2O4. The minimum absolute atomic E-state index is 0.152. The summed E-state index contributed by atoms with van der Waals surface area (Å²) in [5.41, 5.74) is -0.406. The molecule has 0 aliphatic carbocycles. The number of hydrogen-bond acceptors (Lipinski definition) is 4. The number of ether oxygens (including phenoxy) is 1. The Balaban J connectivity index is 2.68. The summed E-state index contributed by atoms with van der Waals surface area (Å²) in [6, 6.07) is 3.37. The van der Waals surface area contributed by atoms with E-state index in [1.807, 2.05) is 6.92 Å². The Morgan fingerprint density at radius 3 is 2.80 bits per heavy atom. The van der Waals surface area contributed by atoms with Crippen molar-refractivity contribution in [2.24, 2.45) is 0 Å². The average molecular weight is 278 g/mol. The molecule has 0 aromatic carbocycles. The van der Waals surface area contributed by atoms with E-state index < -0.39 is 11.5 Å². The lowest BCUT2D eigenvalue weighted by atomic mass is 10.2. The van der Waals surface area contributed by atoms with Gasteiger partial charge in [-0.2, -0.15) is 0 Å². The van der Waals surface area contributed by atoms with Gasteiger partial charge in [-0.25, -0.2) is 9.48 Å². The number of hydrogen-bond donors (Lipinski definition) is 1. The molecule has 0 saturated carbocycles. The smallest absolute Gasteiger partial charge is 0.347 e. The summed E-state index contributed by atoms with van der Waals surface area (Å²) in [5.74, 6) is -1.12. The van der Waals surface area contributed by atoms with Crippen molar-refractivity contribution in [1.82, 2.24) is 9.20 Å². The number of aromatic nitrogens is 2. The Kier molecular flexibility index (Phi) is 4.12. The van der Waals surface area contributed by atoms with Crippen LogP contribution < -0.4 is 5.56 Å². The fourth-order valence-corrected chi connectivity index (χ4v) is 2.13. The molecule has 0 saturated heterocycles. The first-order chi connectivity index (χ1) is 9.61. The zero-order chi connectivity index (χ0) is 14.7. The molecule has 0 radical (unpaired) electrons. The molecule has 6 heteroatoms. The molecule has 0 spiro atoms. The zero-order valence-electron chi connectivity index (χ0n) is 11.6. The molecule has 2 aromatic rings. The Bertz CT molecular complexity index is 684. The normalized spacial score (nSPS) is 10.9. The van der Waals surface area contributed by atoms with Crippen LogP contribution in [0.5, 0.6) is 5.75 Å². The predicted molar refractivity (Wildman–Crippen MR) is 74.2 cm³/mol. The van der Waals surface area contributed by atoms with Gasteiger partial charge in [0.2, 0.25) is 0 Å². The van der Waals surface area contributed by atoms with Gasteiger partial charge in [0, 0.05) is 12.7 Å². The number of unbranched alkanes of at least 4 members (excludes halogenated alkanes) is 1. The van der Waals surface area contributed by atoms with Gasteiger partial charge < -0.3 is 9.84 Å². The van der Waals surface area contributed by atoms with Crippen molar-refractivity contribution in [3.63, 3.8) is 0 Å². The molecule has 0 aliphatic heterocycles. The maximum atomic E-state index is 12.4. The highest BCUT2D eigenvalue weighted by Crippen LogP contribution is 2.22. The van der Waals surface area contributed by atoms with Gasteiger partial charge in [0.25, 0.3) is 5.56 Å². The number of fused-ring (bicyclic) bond motifs is 1. The van der Waals surface area contributed by atoms with Gasteiger partial charge in [0.05, 0.1) is 6.61 Å². The molecule has 2 aromatic heterocycles. The monoisotopic (exact) mass is 278 g/mol. The van der Waals surface area contributed by atoms with Crippen molar-refractivity contribution in [3.8, 4) is 5.75 Å². The molecule has 0 aliphatic rings. The molecule has 0 atom stereocenters. The SMILES string of the molecule is CCCCn1c(=O)c(C(=O)OCC)c(O)c2cccn21. The molecule has 0 amide bonds. The minimum atomic E-state index is -0.788. The molecule has 20 heavy (non-hydrogen) atoms. The van der Waals surface area contributed by atoms with Crippen molar-refractivity contribution in [2.75, 3.05) is 6.61 Å². The van der Waals surface area contributed by atoms with Crippen molar-refractivity contribution in [1.29, 1.82) is 0 Å². The van der Waals surface area contributed by atoms with Crippen LogP contribution in [-0.4, -0.2) is 26.9 Å². The molecule has 6 nitrogen and oxygen atoms in total. The van der Waals surface area contributed by atoms with Crippen LogP contribution in [0.25, 0.3) is 5.52 Å². The van der Waals surface area contributed by atoms with Gasteiger partial charge >= 0.3 is 5.97 Å².